The molecule has 1 aromatic rings. The molecular weight excluding hydrogens is 242 g/mol. The molecule has 1 atom stereocenters. The Kier molecular flexibility index (Phi) is 5.10. The Morgan fingerprint density at radius 1 is 1.32 bits per heavy atom. The number of hydrogen-bond donors (Lipinski definition) is 0. The monoisotopic (exact) mass is 263 g/mol. The van der Waals surface area contributed by atoms with Gasteiger partial charge in [-0.05, 0) is 33.3 Å². The van der Waals surface area contributed by atoms with Crippen molar-refractivity contribution < 1.29 is 14.3 Å². The van der Waals surface area contributed by atoms with Crippen LogP contribution in [0.1, 0.15) is 39.3 Å². The number of benzene rings is 1. The molecule has 4 heteroatoms. The lowest BCUT2D eigenvalue weighted by molar-refractivity contribution is -0.112. The third-order valence-electron chi connectivity index (χ3n) is 2.57. The van der Waals surface area contributed by atoms with E-state index >= 15 is 0 Å². The third-order valence-corrected chi connectivity index (χ3v) is 2.57. The van der Waals surface area contributed by atoms with Gasteiger partial charge in [-0.2, -0.15) is 0 Å². The average molecular weight is 263 g/mol. The maximum atomic E-state index is 12.1. The highest BCUT2D eigenvalue weighted by atomic mass is 16.6. The Balaban J connectivity index is 2.94. The van der Waals surface area contributed by atoms with Gasteiger partial charge in [-0.1, -0.05) is 30.3 Å². The van der Waals surface area contributed by atoms with E-state index in [1.165, 1.54) is 4.90 Å². The van der Waals surface area contributed by atoms with Gasteiger partial charge in [-0.15, -0.1) is 0 Å². The minimum absolute atomic E-state index is 0.410. The molecule has 104 valence electrons. The molecule has 0 fully saturated rings. The number of carbonyl (C=O) groups excluding carboxylic acids is 2. The van der Waals surface area contributed by atoms with Gasteiger partial charge in [0.1, 0.15) is 17.9 Å². The number of amides is 1. The summed E-state index contributed by atoms with van der Waals surface area (Å²) in [6.07, 6.45) is 0.291. The van der Waals surface area contributed by atoms with Crippen molar-refractivity contribution in [2.75, 3.05) is 6.54 Å². The Labute approximate surface area is 114 Å². The molecule has 0 radical (unpaired) electrons. The average Bonchev–Trinajstić information content (AvgIpc) is 2.34. The molecule has 0 heterocycles. The van der Waals surface area contributed by atoms with Crippen molar-refractivity contribution in [1.82, 2.24) is 4.90 Å². The summed E-state index contributed by atoms with van der Waals surface area (Å²) in [5.74, 6) is 0. The van der Waals surface area contributed by atoms with Gasteiger partial charge in [-0.3, -0.25) is 4.90 Å². The molecule has 1 rings (SSSR count). The van der Waals surface area contributed by atoms with Gasteiger partial charge in [0.15, 0.2) is 0 Å². The Hall–Kier alpha value is -1.84. The van der Waals surface area contributed by atoms with Crippen molar-refractivity contribution in [1.29, 1.82) is 0 Å². The van der Waals surface area contributed by atoms with Gasteiger partial charge in [0.25, 0.3) is 0 Å². The van der Waals surface area contributed by atoms with E-state index in [-0.39, 0.29) is 0 Å². The van der Waals surface area contributed by atoms with Gasteiger partial charge >= 0.3 is 6.09 Å². The minimum Gasteiger partial charge on any atom is -0.444 e. The second-order valence-electron chi connectivity index (χ2n) is 5.26. The highest BCUT2D eigenvalue weighted by Gasteiger charge is 2.27. The molecule has 0 saturated carbocycles. The topological polar surface area (TPSA) is 46.6 Å². The van der Waals surface area contributed by atoms with Crippen molar-refractivity contribution in [3.8, 4) is 0 Å². The zero-order valence-electron chi connectivity index (χ0n) is 11.9. The standard InChI is InChI=1S/C15H21NO3/c1-5-16(14(18)19-15(2,3)4)13(11-17)12-9-7-6-8-10-12/h6-11,13H,5H2,1-4H3. The van der Waals surface area contributed by atoms with E-state index in [1.807, 2.05) is 37.3 Å². The quantitative estimate of drug-likeness (QED) is 0.784. The van der Waals surface area contributed by atoms with E-state index in [0.29, 0.717) is 6.54 Å². The fourth-order valence-corrected chi connectivity index (χ4v) is 1.74. The SMILES string of the molecule is CCN(C(=O)OC(C)(C)C)C(C=O)c1ccccc1. The van der Waals surface area contributed by atoms with E-state index in [0.717, 1.165) is 11.8 Å². The van der Waals surface area contributed by atoms with Crippen LogP contribution < -0.4 is 0 Å². The number of ether oxygens (including phenoxy) is 1. The van der Waals surface area contributed by atoms with Crippen molar-refractivity contribution in [2.24, 2.45) is 0 Å². The molecule has 0 aromatic heterocycles. The smallest absolute Gasteiger partial charge is 0.411 e. The minimum atomic E-state index is -0.610. The van der Waals surface area contributed by atoms with Crippen LogP contribution in [0, 0.1) is 0 Å². The van der Waals surface area contributed by atoms with E-state index in [4.69, 9.17) is 4.74 Å². The maximum Gasteiger partial charge on any atom is 0.411 e. The Bertz CT molecular complexity index is 423. The lowest BCUT2D eigenvalue weighted by Gasteiger charge is -2.30. The van der Waals surface area contributed by atoms with Crippen LogP contribution in [0.3, 0.4) is 0 Å². The molecular formula is C15H21NO3. The molecule has 1 amide bonds. The van der Waals surface area contributed by atoms with Gasteiger partial charge in [0, 0.05) is 6.54 Å². The molecule has 19 heavy (non-hydrogen) atoms. The summed E-state index contributed by atoms with van der Waals surface area (Å²) < 4.78 is 5.32. The normalized spacial score (nSPS) is 12.6. The predicted octanol–water partition coefficient (Wildman–Crippen LogP) is 3.18. The fourth-order valence-electron chi connectivity index (χ4n) is 1.74. The Morgan fingerprint density at radius 2 is 1.89 bits per heavy atom. The summed E-state index contributed by atoms with van der Waals surface area (Å²) in [4.78, 5) is 24.9. The Morgan fingerprint density at radius 3 is 2.32 bits per heavy atom. The first-order valence-corrected chi connectivity index (χ1v) is 6.39. The number of hydrogen-bond acceptors (Lipinski definition) is 3. The van der Waals surface area contributed by atoms with Crippen molar-refractivity contribution >= 4 is 12.4 Å². The molecule has 1 aromatic carbocycles. The van der Waals surface area contributed by atoms with Crippen LogP contribution in [0.2, 0.25) is 0 Å². The number of likely N-dealkylation sites (N-methyl/N-ethyl adjacent to an activating group) is 1. The predicted molar refractivity (Wildman–Crippen MR) is 73.9 cm³/mol. The summed E-state index contributed by atoms with van der Waals surface area (Å²) >= 11 is 0. The third kappa shape index (κ3) is 4.39. The van der Waals surface area contributed by atoms with Crippen LogP contribution >= 0.6 is 0 Å². The molecule has 1 unspecified atom stereocenters. The fraction of sp³-hybridized carbons (Fsp3) is 0.467. The van der Waals surface area contributed by atoms with Crippen LogP contribution in [0.15, 0.2) is 30.3 Å². The van der Waals surface area contributed by atoms with E-state index in [1.54, 1.807) is 20.8 Å². The first-order chi connectivity index (χ1) is 8.89. The molecule has 0 bridgehead atoms. The van der Waals surface area contributed by atoms with Gasteiger partial charge in [0.05, 0.1) is 0 Å². The number of carbonyl (C=O) groups is 2. The van der Waals surface area contributed by atoms with E-state index < -0.39 is 17.7 Å². The molecule has 0 N–H and O–H groups in total. The van der Waals surface area contributed by atoms with Crippen LogP contribution in [0.5, 0.6) is 0 Å². The highest BCUT2D eigenvalue weighted by Crippen LogP contribution is 2.21. The zero-order valence-corrected chi connectivity index (χ0v) is 11.9. The van der Waals surface area contributed by atoms with Gasteiger partial charge in [-0.25, -0.2) is 4.79 Å². The second kappa shape index (κ2) is 6.36. The van der Waals surface area contributed by atoms with Crippen molar-refractivity contribution in [2.45, 2.75) is 39.3 Å². The first-order valence-electron chi connectivity index (χ1n) is 6.39. The number of aldehydes is 1. The van der Waals surface area contributed by atoms with Crippen molar-refractivity contribution in [3.05, 3.63) is 35.9 Å². The maximum absolute atomic E-state index is 12.1. The summed E-state index contributed by atoms with van der Waals surface area (Å²) in [7, 11) is 0. The lowest BCUT2D eigenvalue weighted by Crippen LogP contribution is -2.39. The molecule has 0 saturated heterocycles. The zero-order chi connectivity index (χ0) is 14.5. The molecule has 0 aliphatic heterocycles. The summed E-state index contributed by atoms with van der Waals surface area (Å²) in [5, 5.41) is 0. The number of rotatable bonds is 4. The largest absolute Gasteiger partial charge is 0.444 e. The molecule has 0 aliphatic carbocycles. The van der Waals surface area contributed by atoms with Gasteiger partial charge in [0.2, 0.25) is 0 Å². The van der Waals surface area contributed by atoms with E-state index in [9.17, 15) is 9.59 Å². The highest BCUT2D eigenvalue weighted by molar-refractivity contribution is 5.75. The van der Waals surface area contributed by atoms with Crippen LogP contribution in [0.25, 0.3) is 0 Å². The first kappa shape index (κ1) is 15.2. The second-order valence-corrected chi connectivity index (χ2v) is 5.26. The number of nitrogens with zero attached hydrogens (tertiary/aromatic N) is 1. The molecule has 0 aliphatic rings. The van der Waals surface area contributed by atoms with Crippen molar-refractivity contribution in [3.63, 3.8) is 0 Å². The van der Waals surface area contributed by atoms with Crippen LogP contribution in [-0.4, -0.2) is 29.4 Å². The van der Waals surface area contributed by atoms with Crippen LogP contribution in [-0.2, 0) is 9.53 Å². The summed E-state index contributed by atoms with van der Waals surface area (Å²) in [5.41, 5.74) is 0.208. The lowest BCUT2D eigenvalue weighted by atomic mass is 10.1. The summed E-state index contributed by atoms with van der Waals surface area (Å²) in [6.45, 7) is 7.64. The molecule has 0 spiro atoms. The van der Waals surface area contributed by atoms with Gasteiger partial charge < -0.3 is 9.53 Å². The summed E-state index contributed by atoms with van der Waals surface area (Å²) in [6, 6.07) is 8.60. The van der Waals surface area contributed by atoms with Crippen LogP contribution in [0.4, 0.5) is 4.79 Å². The van der Waals surface area contributed by atoms with E-state index in [2.05, 4.69) is 0 Å². The molecule has 4 nitrogen and oxygen atoms in total.